The molecule has 0 aliphatic carbocycles. The van der Waals surface area contributed by atoms with Gasteiger partial charge in [0.05, 0.1) is 18.1 Å². The zero-order valence-corrected chi connectivity index (χ0v) is 26.0. The lowest BCUT2D eigenvalue weighted by Gasteiger charge is -2.48. The number of aliphatic hydroxyl groups excluding tert-OH is 5. The molecule has 2 aliphatic heterocycles. The van der Waals surface area contributed by atoms with Gasteiger partial charge in [0.2, 0.25) is 5.91 Å². The lowest BCUT2D eigenvalue weighted by molar-refractivity contribution is -0.305. The van der Waals surface area contributed by atoms with Crippen LogP contribution in [0.15, 0.2) is 97.1 Å². The maximum absolute atomic E-state index is 13.7. The Morgan fingerprint density at radius 1 is 0.792 bits per heavy atom. The van der Waals surface area contributed by atoms with E-state index in [0.29, 0.717) is 23.2 Å². The number of carbonyl (C=O) groups excluding carboxylic acids is 1. The molecule has 6 rings (SSSR count). The zero-order chi connectivity index (χ0) is 34.1. The predicted octanol–water partition coefficient (Wildman–Crippen LogP) is 4.34. The van der Waals surface area contributed by atoms with Crippen molar-refractivity contribution in [3.63, 3.8) is 0 Å². The molecule has 48 heavy (non-hydrogen) atoms. The van der Waals surface area contributed by atoms with Gasteiger partial charge in [-0.2, -0.15) is 0 Å². The summed E-state index contributed by atoms with van der Waals surface area (Å²) in [5, 5.41) is 52.7. The molecular formula is C37H37F2NO8. The zero-order valence-electron chi connectivity index (χ0n) is 26.0. The van der Waals surface area contributed by atoms with Crippen LogP contribution in [0, 0.1) is 17.6 Å². The third-order valence-electron chi connectivity index (χ3n) is 9.29. The molecule has 1 amide bonds. The van der Waals surface area contributed by atoms with Crippen molar-refractivity contribution in [3.8, 4) is 11.1 Å². The van der Waals surface area contributed by atoms with Gasteiger partial charge < -0.3 is 39.9 Å². The van der Waals surface area contributed by atoms with Crippen molar-refractivity contribution < 1.29 is 48.6 Å². The van der Waals surface area contributed by atoms with Gasteiger partial charge in [0.25, 0.3) is 0 Å². The van der Waals surface area contributed by atoms with Crippen molar-refractivity contribution in [2.45, 2.75) is 61.8 Å². The highest BCUT2D eigenvalue weighted by molar-refractivity contribution is 6.03. The minimum Gasteiger partial charge on any atom is -0.388 e. The van der Waals surface area contributed by atoms with Gasteiger partial charge in [0, 0.05) is 12.8 Å². The number of benzene rings is 4. The Morgan fingerprint density at radius 2 is 1.44 bits per heavy atom. The van der Waals surface area contributed by atoms with Gasteiger partial charge in [-0.3, -0.25) is 4.79 Å². The fourth-order valence-corrected chi connectivity index (χ4v) is 6.58. The van der Waals surface area contributed by atoms with Crippen molar-refractivity contribution in [2.24, 2.45) is 5.92 Å². The largest absolute Gasteiger partial charge is 0.388 e. The van der Waals surface area contributed by atoms with Crippen LogP contribution in [0.3, 0.4) is 0 Å². The van der Waals surface area contributed by atoms with Crippen LogP contribution < -0.4 is 4.90 Å². The molecule has 2 saturated heterocycles. The van der Waals surface area contributed by atoms with Crippen molar-refractivity contribution in [1.29, 1.82) is 0 Å². The first-order valence-electron chi connectivity index (χ1n) is 15.7. The van der Waals surface area contributed by atoms with E-state index < -0.39 is 60.5 Å². The van der Waals surface area contributed by atoms with Gasteiger partial charge >= 0.3 is 0 Å². The van der Waals surface area contributed by atoms with E-state index in [1.165, 1.54) is 43.5 Å². The molecule has 9 atom stereocenters. The molecule has 11 heteroatoms. The van der Waals surface area contributed by atoms with Crippen LogP contribution in [0.5, 0.6) is 0 Å². The van der Waals surface area contributed by atoms with E-state index in [2.05, 4.69) is 0 Å². The number of amides is 1. The first kappa shape index (κ1) is 33.8. The smallest absolute Gasteiger partial charge is 0.233 e. The molecule has 9 nitrogen and oxygen atoms in total. The summed E-state index contributed by atoms with van der Waals surface area (Å²) in [6.07, 6.45) is -8.71. The number of carbonyl (C=O) groups is 1. The monoisotopic (exact) mass is 661 g/mol. The first-order chi connectivity index (χ1) is 23.1. The molecule has 4 aromatic rings. The van der Waals surface area contributed by atoms with Crippen LogP contribution in [0.2, 0.25) is 0 Å². The number of anilines is 1. The highest BCUT2D eigenvalue weighted by atomic mass is 19.1. The molecule has 0 radical (unpaired) electrons. The van der Waals surface area contributed by atoms with E-state index >= 15 is 0 Å². The molecule has 5 N–H and O–H groups in total. The molecule has 0 bridgehead atoms. The number of β-lactam (4-membered cyclic amide) rings is 1. The molecule has 2 heterocycles. The lowest BCUT2D eigenvalue weighted by Crippen LogP contribution is -2.59. The summed E-state index contributed by atoms with van der Waals surface area (Å²) in [6, 6.07) is 25.4. The summed E-state index contributed by atoms with van der Waals surface area (Å²) in [6.45, 7) is 0. The minimum atomic E-state index is -1.58. The van der Waals surface area contributed by atoms with Crippen LogP contribution in [-0.4, -0.2) is 69.3 Å². The number of ether oxygens (including phenoxy) is 2. The standard InChI is InChI=1S/C37H37F2NO8/c1-47-37-34(45)32(43)33(44)35(48-37)31(42)24-4-2-3-23(19-24)20-5-7-22(8-6-20)30-28(17-18-29(41)21-9-11-25(38)12-10-21)36(46)40(30)27-15-13-26(39)14-16-27/h2-16,19,28-35,37,41-45H,17-18H2,1H3/t28?,29?,30?,31?,32-,33-,34+,35+,37-/m0/s1. The van der Waals surface area contributed by atoms with Crippen LogP contribution >= 0.6 is 0 Å². The Morgan fingerprint density at radius 3 is 2.08 bits per heavy atom. The number of halogens is 2. The molecule has 252 valence electrons. The second-order valence-electron chi connectivity index (χ2n) is 12.2. The van der Waals surface area contributed by atoms with Crippen LogP contribution in [0.4, 0.5) is 14.5 Å². The Kier molecular flexibility index (Phi) is 10.00. The second kappa shape index (κ2) is 14.2. The summed E-state index contributed by atoms with van der Waals surface area (Å²) >= 11 is 0. The van der Waals surface area contributed by atoms with Crippen LogP contribution in [-0.2, 0) is 14.3 Å². The maximum Gasteiger partial charge on any atom is 0.233 e. The molecule has 2 aliphatic rings. The van der Waals surface area contributed by atoms with E-state index in [4.69, 9.17) is 9.47 Å². The Hall–Kier alpha value is -4.07. The SMILES string of the molecule is CO[C@H]1O[C@H](C(O)c2cccc(-c3ccc(C4C(CCC(O)c5ccc(F)cc5)C(=O)N4c4ccc(F)cc4)cc3)c2)[C@@H](O)[C@H](O)[C@H]1O. The molecule has 2 fully saturated rings. The fourth-order valence-electron chi connectivity index (χ4n) is 6.58. The molecular weight excluding hydrogens is 624 g/mol. The molecule has 0 saturated carbocycles. The number of rotatable bonds is 10. The van der Waals surface area contributed by atoms with Gasteiger partial charge in [0.1, 0.15) is 42.2 Å². The minimum absolute atomic E-state index is 0.149. The highest BCUT2D eigenvalue weighted by Gasteiger charge is 2.49. The second-order valence-corrected chi connectivity index (χ2v) is 12.2. The number of aliphatic hydroxyl groups is 5. The van der Waals surface area contributed by atoms with E-state index in [1.807, 2.05) is 30.3 Å². The molecule has 0 spiro atoms. The van der Waals surface area contributed by atoms with Gasteiger partial charge in [-0.05, 0) is 83.1 Å². The Bertz CT molecular complexity index is 1700. The molecule has 4 unspecified atom stereocenters. The number of methoxy groups -OCH3 is 1. The third-order valence-corrected chi connectivity index (χ3v) is 9.29. The summed E-state index contributed by atoms with van der Waals surface area (Å²) < 4.78 is 37.7. The normalized spacial score (nSPS) is 27.0. The van der Waals surface area contributed by atoms with Crippen molar-refractivity contribution in [1.82, 2.24) is 0 Å². The molecule has 4 aromatic carbocycles. The average Bonchev–Trinajstić information content (AvgIpc) is 3.10. The topological polar surface area (TPSA) is 140 Å². The third kappa shape index (κ3) is 6.63. The highest BCUT2D eigenvalue weighted by Crippen LogP contribution is 2.46. The van der Waals surface area contributed by atoms with Gasteiger partial charge in [-0.1, -0.05) is 54.6 Å². The van der Waals surface area contributed by atoms with E-state index in [-0.39, 0.29) is 18.4 Å². The van der Waals surface area contributed by atoms with Crippen molar-refractivity contribution in [3.05, 3.63) is 125 Å². The number of hydrogen-bond donors (Lipinski definition) is 5. The average molecular weight is 662 g/mol. The van der Waals surface area contributed by atoms with E-state index in [0.717, 1.165) is 16.7 Å². The summed E-state index contributed by atoms with van der Waals surface area (Å²) in [7, 11) is 1.28. The quantitative estimate of drug-likeness (QED) is 0.158. The van der Waals surface area contributed by atoms with Gasteiger partial charge in [0.15, 0.2) is 6.29 Å². The summed E-state index contributed by atoms with van der Waals surface area (Å²) in [4.78, 5) is 15.1. The van der Waals surface area contributed by atoms with Crippen molar-refractivity contribution in [2.75, 3.05) is 12.0 Å². The number of nitrogens with zero attached hydrogens (tertiary/aromatic N) is 1. The van der Waals surface area contributed by atoms with Crippen LogP contribution in [0.1, 0.15) is 47.8 Å². The van der Waals surface area contributed by atoms with Gasteiger partial charge in [-0.15, -0.1) is 0 Å². The van der Waals surface area contributed by atoms with Crippen LogP contribution in [0.25, 0.3) is 11.1 Å². The Balaban J connectivity index is 1.22. The molecule has 0 aromatic heterocycles. The fraction of sp³-hybridized carbons (Fsp3) is 0.324. The number of hydrogen-bond acceptors (Lipinski definition) is 8. The van der Waals surface area contributed by atoms with Crippen molar-refractivity contribution >= 4 is 11.6 Å². The maximum atomic E-state index is 13.7. The predicted molar refractivity (Wildman–Crippen MR) is 171 cm³/mol. The van der Waals surface area contributed by atoms with E-state index in [1.54, 1.807) is 35.2 Å². The summed E-state index contributed by atoms with van der Waals surface area (Å²) in [5.41, 5.74) is 3.89. The Labute approximate surface area is 276 Å². The lowest BCUT2D eigenvalue weighted by atomic mass is 9.78. The van der Waals surface area contributed by atoms with Gasteiger partial charge in [-0.25, -0.2) is 8.78 Å². The summed E-state index contributed by atoms with van der Waals surface area (Å²) in [5.74, 6) is -1.43. The first-order valence-corrected chi connectivity index (χ1v) is 15.7. The van der Waals surface area contributed by atoms with E-state index in [9.17, 15) is 39.1 Å².